The highest BCUT2D eigenvalue weighted by molar-refractivity contribution is 5.98. The van der Waals surface area contributed by atoms with Crippen LogP contribution in [0.1, 0.15) is 27.7 Å². The fourth-order valence-corrected chi connectivity index (χ4v) is 3.11. The number of rotatable bonds is 10. The lowest BCUT2D eigenvalue weighted by molar-refractivity contribution is -0.244. The predicted octanol–water partition coefficient (Wildman–Crippen LogP) is 0.880. The Morgan fingerprint density at radius 1 is 1.27 bits per heavy atom. The highest BCUT2D eigenvalue weighted by Gasteiger charge is 2.64. The van der Waals surface area contributed by atoms with Crippen LogP contribution in [-0.2, 0) is 47.5 Å². The highest BCUT2D eigenvalue weighted by atomic mass is 16.9. The van der Waals surface area contributed by atoms with Gasteiger partial charge in [-0.2, -0.15) is 0 Å². The Morgan fingerprint density at radius 3 is 2.60 bits per heavy atom. The molecule has 2 aliphatic heterocycles. The van der Waals surface area contributed by atoms with Crippen molar-refractivity contribution in [3.8, 4) is 12.3 Å². The number of fused-ring (bicyclic) bond motifs is 1. The van der Waals surface area contributed by atoms with Gasteiger partial charge in [0.25, 0.3) is 6.10 Å². The van der Waals surface area contributed by atoms with E-state index in [0.29, 0.717) is 0 Å². The number of ether oxygens (including phenoxy) is 8. The van der Waals surface area contributed by atoms with Gasteiger partial charge in [0, 0.05) is 7.11 Å². The van der Waals surface area contributed by atoms with E-state index in [2.05, 4.69) is 5.92 Å². The molecule has 2 saturated heterocycles. The van der Waals surface area contributed by atoms with Crippen LogP contribution in [0.4, 0.5) is 0 Å². The van der Waals surface area contributed by atoms with Crippen molar-refractivity contribution in [2.45, 2.75) is 63.7 Å². The van der Waals surface area contributed by atoms with Gasteiger partial charge >= 0.3 is 11.9 Å². The molecule has 0 aromatic rings. The van der Waals surface area contributed by atoms with Crippen LogP contribution in [0.25, 0.3) is 0 Å². The van der Waals surface area contributed by atoms with Gasteiger partial charge in [-0.1, -0.05) is 12.0 Å². The smallest absolute Gasteiger partial charge is 0.351 e. The van der Waals surface area contributed by atoms with Crippen LogP contribution in [0.5, 0.6) is 0 Å². The quantitative estimate of drug-likeness (QED) is 0.164. The van der Waals surface area contributed by atoms with Crippen LogP contribution < -0.4 is 0 Å². The van der Waals surface area contributed by atoms with Crippen LogP contribution >= 0.6 is 0 Å². The molecular formula is C20H28O10. The molecule has 2 rings (SSSR count). The summed E-state index contributed by atoms with van der Waals surface area (Å²) in [6, 6.07) is 0. The van der Waals surface area contributed by atoms with Crippen LogP contribution in [0, 0.1) is 12.3 Å². The molecule has 0 aliphatic carbocycles. The number of carbonyl (C=O) groups is 2. The number of hydrogen-bond donors (Lipinski definition) is 0. The average Bonchev–Trinajstić information content (AvgIpc) is 3.15. The largest absolute Gasteiger partial charge is 0.464 e. The van der Waals surface area contributed by atoms with Gasteiger partial charge in [-0.3, -0.25) is 0 Å². The number of hydrogen-bond acceptors (Lipinski definition) is 10. The molecule has 1 unspecified atom stereocenters. The fraction of sp³-hybridized carbons (Fsp3) is 0.700. The molecule has 5 atom stereocenters. The molecule has 0 saturated carbocycles. The van der Waals surface area contributed by atoms with Gasteiger partial charge in [0.15, 0.2) is 23.8 Å². The van der Waals surface area contributed by atoms with E-state index < -0.39 is 47.9 Å². The van der Waals surface area contributed by atoms with Gasteiger partial charge in [-0.25, -0.2) is 9.59 Å². The van der Waals surface area contributed by atoms with Gasteiger partial charge < -0.3 is 37.9 Å². The van der Waals surface area contributed by atoms with Crippen molar-refractivity contribution in [1.29, 1.82) is 0 Å². The molecule has 2 fully saturated rings. The Kier molecular flexibility index (Phi) is 8.37. The second kappa shape index (κ2) is 10.3. The SMILES string of the molecule is C#C[C@@]1(OCOC)[C@@H](COC(C(=O)O/C=C\C)C(=O)OCC)O[C@@H]2OC(C)(C)O[C@@H]21. The zero-order valence-corrected chi connectivity index (χ0v) is 17.7. The molecule has 0 aromatic heterocycles. The normalized spacial score (nSPS) is 30.6. The zero-order chi connectivity index (χ0) is 22.4. The maximum atomic E-state index is 12.2. The monoisotopic (exact) mass is 428 g/mol. The minimum atomic E-state index is -1.64. The molecule has 168 valence electrons. The number of allylic oxidation sites excluding steroid dienone is 1. The summed E-state index contributed by atoms with van der Waals surface area (Å²) in [5.74, 6) is -0.226. The van der Waals surface area contributed by atoms with E-state index in [1.165, 1.54) is 13.2 Å². The molecule has 30 heavy (non-hydrogen) atoms. The number of methoxy groups -OCH3 is 1. The molecule has 0 spiro atoms. The first-order valence-electron chi connectivity index (χ1n) is 9.46. The van der Waals surface area contributed by atoms with Crippen LogP contribution in [-0.4, -0.2) is 75.0 Å². The van der Waals surface area contributed by atoms with Crippen molar-refractivity contribution in [2.24, 2.45) is 0 Å². The van der Waals surface area contributed by atoms with Gasteiger partial charge in [0.1, 0.15) is 12.9 Å². The van der Waals surface area contributed by atoms with Gasteiger partial charge in [-0.15, -0.1) is 6.42 Å². The second-order valence-corrected chi connectivity index (χ2v) is 6.91. The van der Waals surface area contributed by atoms with Crippen molar-refractivity contribution in [2.75, 3.05) is 27.1 Å². The predicted molar refractivity (Wildman–Crippen MR) is 101 cm³/mol. The van der Waals surface area contributed by atoms with Crippen LogP contribution in [0.2, 0.25) is 0 Å². The van der Waals surface area contributed by atoms with E-state index in [9.17, 15) is 9.59 Å². The number of terminal acetylenes is 1. The summed E-state index contributed by atoms with van der Waals surface area (Å²) in [4.78, 5) is 24.4. The zero-order valence-electron chi connectivity index (χ0n) is 17.7. The topological polar surface area (TPSA) is 108 Å². The Balaban J connectivity index is 2.20. The summed E-state index contributed by atoms with van der Waals surface area (Å²) in [5, 5.41) is 0. The van der Waals surface area contributed by atoms with E-state index in [1.807, 2.05) is 0 Å². The van der Waals surface area contributed by atoms with Crippen molar-refractivity contribution in [1.82, 2.24) is 0 Å². The summed E-state index contributed by atoms with van der Waals surface area (Å²) >= 11 is 0. The lowest BCUT2D eigenvalue weighted by atomic mass is 9.93. The van der Waals surface area contributed by atoms with Crippen molar-refractivity contribution < 1.29 is 47.5 Å². The summed E-state index contributed by atoms with van der Waals surface area (Å²) in [5.41, 5.74) is -1.44. The lowest BCUT2D eigenvalue weighted by Crippen LogP contribution is -2.53. The maximum Gasteiger partial charge on any atom is 0.351 e. The van der Waals surface area contributed by atoms with Crippen molar-refractivity contribution in [3.05, 3.63) is 12.3 Å². The molecule has 0 aromatic carbocycles. The van der Waals surface area contributed by atoms with E-state index in [4.69, 9.17) is 44.3 Å². The Bertz CT molecular complexity index is 682. The minimum absolute atomic E-state index is 0.0572. The molecule has 10 heteroatoms. The van der Waals surface area contributed by atoms with E-state index in [-0.39, 0.29) is 20.0 Å². The number of carbonyl (C=O) groups excluding carboxylic acids is 2. The first kappa shape index (κ1) is 24.3. The van der Waals surface area contributed by atoms with E-state index >= 15 is 0 Å². The summed E-state index contributed by atoms with van der Waals surface area (Å²) in [7, 11) is 1.44. The summed E-state index contributed by atoms with van der Waals surface area (Å²) in [6.45, 7) is 6.28. The standard InChI is InChI=1S/C20H28O10/c1-7-10-25-17(22)14(16(21)24-9-3)26-11-13-20(8-2,27-12-23-6)15-18(28-13)30-19(4,5)29-15/h2,7,10,13-15,18H,9,11-12H2,1,3-6H3/b10-7-/t13-,14?,15+,18-,20-/m1/s1. The third-order valence-corrected chi connectivity index (χ3v) is 4.35. The molecule has 2 aliphatic rings. The minimum Gasteiger partial charge on any atom is -0.464 e. The Hall–Kier alpha value is -2.00. The number of esters is 2. The van der Waals surface area contributed by atoms with Crippen molar-refractivity contribution in [3.63, 3.8) is 0 Å². The summed E-state index contributed by atoms with van der Waals surface area (Å²) in [6.07, 6.45) is 4.22. The average molecular weight is 428 g/mol. The maximum absolute atomic E-state index is 12.2. The first-order valence-corrected chi connectivity index (χ1v) is 9.46. The van der Waals surface area contributed by atoms with Gasteiger partial charge in [0.05, 0.1) is 19.5 Å². The third-order valence-electron chi connectivity index (χ3n) is 4.35. The van der Waals surface area contributed by atoms with Gasteiger partial charge in [0.2, 0.25) is 0 Å². The third kappa shape index (κ3) is 5.18. The molecule has 10 nitrogen and oxygen atoms in total. The highest BCUT2D eigenvalue weighted by Crippen LogP contribution is 2.45. The van der Waals surface area contributed by atoms with Gasteiger partial charge in [-0.05, 0) is 27.7 Å². The van der Waals surface area contributed by atoms with Crippen molar-refractivity contribution >= 4 is 11.9 Å². The summed E-state index contributed by atoms with van der Waals surface area (Å²) < 4.78 is 43.5. The molecule has 2 heterocycles. The van der Waals surface area contributed by atoms with E-state index in [0.717, 1.165) is 6.26 Å². The molecule has 0 radical (unpaired) electrons. The first-order chi connectivity index (χ1) is 14.2. The molecule has 0 bridgehead atoms. The molecule has 0 N–H and O–H groups in total. The lowest BCUT2D eigenvalue weighted by Gasteiger charge is -2.33. The second-order valence-electron chi connectivity index (χ2n) is 6.91. The Labute approximate surface area is 175 Å². The fourth-order valence-electron chi connectivity index (χ4n) is 3.11. The Morgan fingerprint density at radius 2 is 2.00 bits per heavy atom. The molecule has 0 amide bonds. The molecular weight excluding hydrogens is 400 g/mol. The van der Waals surface area contributed by atoms with Crippen LogP contribution in [0.3, 0.4) is 0 Å². The van der Waals surface area contributed by atoms with E-state index in [1.54, 1.807) is 27.7 Å². The van der Waals surface area contributed by atoms with Crippen LogP contribution in [0.15, 0.2) is 12.3 Å².